The van der Waals surface area contributed by atoms with Crippen molar-refractivity contribution in [3.05, 3.63) is 51.6 Å². The van der Waals surface area contributed by atoms with E-state index >= 15 is 0 Å². The van der Waals surface area contributed by atoms with E-state index in [1.165, 1.54) is 32.7 Å². The minimum atomic E-state index is -3.55. The van der Waals surface area contributed by atoms with Crippen LogP contribution in [0.5, 0.6) is 0 Å². The average Bonchev–Trinajstić information content (AvgIpc) is 3.02. The molecule has 2 heterocycles. The number of hydrogen-bond donors (Lipinski definition) is 0. The molecular weight excluding hydrogens is 387 g/mol. The Morgan fingerprint density at radius 3 is 2.40 bits per heavy atom. The van der Waals surface area contributed by atoms with Gasteiger partial charge in [0.1, 0.15) is 10.0 Å². The Morgan fingerprint density at radius 1 is 1.16 bits per heavy atom. The second-order valence-corrected chi connectivity index (χ2v) is 9.57. The number of hydrogen-bond acceptors (Lipinski definition) is 4. The molecule has 3 rings (SSSR count). The zero-order chi connectivity index (χ0) is 18.2. The number of thiophene rings is 1. The fraction of sp³-hybridized carbons (Fsp3) is 0.312. The quantitative estimate of drug-likeness (QED) is 0.793. The summed E-state index contributed by atoms with van der Waals surface area (Å²) in [6.07, 6.45) is 0. The Kier molecular flexibility index (Phi) is 5.15. The topological polar surface area (TPSA) is 57.7 Å². The lowest BCUT2D eigenvalue weighted by atomic mass is 10.1. The summed E-state index contributed by atoms with van der Waals surface area (Å²) in [6, 6.07) is 7.25. The Balaban J connectivity index is 1.70. The number of carbonyl (C=O) groups excluding carboxylic acids is 1. The lowest BCUT2D eigenvalue weighted by molar-refractivity contribution is 0.0693. The maximum atomic E-state index is 13.9. The molecule has 9 heteroatoms. The molecule has 0 saturated carbocycles. The van der Waals surface area contributed by atoms with Gasteiger partial charge in [-0.15, -0.1) is 11.3 Å². The van der Waals surface area contributed by atoms with Gasteiger partial charge in [0.05, 0.1) is 5.56 Å². The minimum absolute atomic E-state index is 0.0606. The molecule has 1 aliphatic heterocycles. The first-order chi connectivity index (χ1) is 11.8. The third-order valence-electron chi connectivity index (χ3n) is 4.00. The first-order valence-electron chi connectivity index (χ1n) is 7.60. The summed E-state index contributed by atoms with van der Waals surface area (Å²) >= 11 is 6.92. The van der Waals surface area contributed by atoms with Crippen LogP contribution in [0, 0.1) is 12.7 Å². The highest BCUT2D eigenvalue weighted by Crippen LogP contribution is 2.25. The summed E-state index contributed by atoms with van der Waals surface area (Å²) in [7, 11) is -3.55. The van der Waals surface area contributed by atoms with E-state index in [0.717, 1.165) is 10.9 Å². The van der Waals surface area contributed by atoms with Gasteiger partial charge in [-0.3, -0.25) is 4.79 Å². The van der Waals surface area contributed by atoms with Crippen molar-refractivity contribution in [3.8, 4) is 0 Å². The van der Waals surface area contributed by atoms with Crippen molar-refractivity contribution in [2.24, 2.45) is 0 Å². The summed E-state index contributed by atoms with van der Waals surface area (Å²) in [5.74, 6) is -1.14. The molecule has 1 fully saturated rings. The molecule has 5 nitrogen and oxygen atoms in total. The molecule has 0 spiro atoms. The Bertz CT molecular complexity index is 906. The summed E-state index contributed by atoms with van der Waals surface area (Å²) in [6.45, 7) is 2.64. The molecule has 1 amide bonds. The number of piperazine rings is 1. The Morgan fingerprint density at radius 2 is 1.84 bits per heavy atom. The molecule has 1 aliphatic rings. The van der Waals surface area contributed by atoms with E-state index in [0.29, 0.717) is 4.21 Å². The molecule has 0 aliphatic carbocycles. The largest absolute Gasteiger partial charge is 0.336 e. The molecule has 1 saturated heterocycles. The van der Waals surface area contributed by atoms with Crippen LogP contribution in [0.15, 0.2) is 34.5 Å². The number of amides is 1. The summed E-state index contributed by atoms with van der Waals surface area (Å²) in [5, 5.41) is 0.219. The van der Waals surface area contributed by atoms with Gasteiger partial charge in [-0.2, -0.15) is 4.31 Å². The molecule has 0 bridgehead atoms. The van der Waals surface area contributed by atoms with E-state index < -0.39 is 21.7 Å². The molecule has 25 heavy (non-hydrogen) atoms. The van der Waals surface area contributed by atoms with Crippen molar-refractivity contribution in [3.63, 3.8) is 0 Å². The third kappa shape index (κ3) is 3.72. The number of halogens is 2. The third-order valence-corrected chi connectivity index (χ3v) is 7.60. The zero-order valence-electron chi connectivity index (χ0n) is 13.4. The number of aryl methyl sites for hydroxylation is 1. The van der Waals surface area contributed by atoms with Crippen LogP contribution >= 0.6 is 22.9 Å². The predicted octanol–water partition coefficient (Wildman–Crippen LogP) is 3.00. The Labute approximate surface area is 154 Å². The highest BCUT2D eigenvalue weighted by molar-refractivity contribution is 7.91. The molecule has 0 unspecified atom stereocenters. The average molecular weight is 403 g/mol. The fourth-order valence-electron chi connectivity index (χ4n) is 2.64. The van der Waals surface area contributed by atoms with Crippen molar-refractivity contribution in [1.82, 2.24) is 9.21 Å². The van der Waals surface area contributed by atoms with E-state index in [4.69, 9.17) is 11.6 Å². The van der Waals surface area contributed by atoms with Crippen LogP contribution in [0.1, 0.15) is 15.2 Å². The van der Waals surface area contributed by atoms with Gasteiger partial charge >= 0.3 is 0 Å². The number of sulfonamides is 1. The number of benzene rings is 1. The zero-order valence-corrected chi connectivity index (χ0v) is 15.8. The van der Waals surface area contributed by atoms with Crippen LogP contribution in [0.3, 0.4) is 0 Å². The minimum Gasteiger partial charge on any atom is -0.336 e. The van der Waals surface area contributed by atoms with Crippen LogP contribution in [-0.4, -0.2) is 49.7 Å². The van der Waals surface area contributed by atoms with Gasteiger partial charge < -0.3 is 4.90 Å². The SMILES string of the molecule is Cc1ccc(S(=O)(=O)N2CCN(C(=O)c3ccc(Cl)cc3F)CC2)s1. The summed E-state index contributed by atoms with van der Waals surface area (Å²) in [5.41, 5.74) is -0.0606. The van der Waals surface area contributed by atoms with Crippen LogP contribution in [0.4, 0.5) is 4.39 Å². The molecule has 134 valence electrons. The summed E-state index contributed by atoms with van der Waals surface area (Å²) in [4.78, 5) is 14.8. The van der Waals surface area contributed by atoms with E-state index in [1.54, 1.807) is 12.1 Å². The van der Waals surface area contributed by atoms with Crippen LogP contribution in [-0.2, 0) is 10.0 Å². The highest BCUT2D eigenvalue weighted by Gasteiger charge is 2.31. The van der Waals surface area contributed by atoms with Crippen molar-refractivity contribution in [2.45, 2.75) is 11.1 Å². The first-order valence-corrected chi connectivity index (χ1v) is 10.2. The standard InChI is InChI=1S/C16H16ClFN2O3S2/c1-11-2-5-15(24-11)25(22,23)20-8-6-19(7-9-20)16(21)13-4-3-12(17)10-14(13)18/h2-5,10H,6-9H2,1H3. The highest BCUT2D eigenvalue weighted by atomic mass is 35.5. The van der Waals surface area contributed by atoms with Gasteiger partial charge in [-0.1, -0.05) is 11.6 Å². The van der Waals surface area contributed by atoms with Crippen LogP contribution < -0.4 is 0 Å². The van der Waals surface area contributed by atoms with Gasteiger partial charge in [0.15, 0.2) is 0 Å². The molecule has 1 aromatic carbocycles. The lowest BCUT2D eigenvalue weighted by Gasteiger charge is -2.33. The molecular formula is C16H16ClFN2O3S2. The molecule has 0 atom stereocenters. The van der Waals surface area contributed by atoms with E-state index in [9.17, 15) is 17.6 Å². The summed E-state index contributed by atoms with van der Waals surface area (Å²) < 4.78 is 40.8. The second kappa shape index (κ2) is 7.03. The molecule has 0 N–H and O–H groups in total. The predicted molar refractivity (Wildman–Crippen MR) is 95.1 cm³/mol. The van der Waals surface area contributed by atoms with E-state index in [2.05, 4.69) is 0 Å². The maximum absolute atomic E-state index is 13.9. The maximum Gasteiger partial charge on any atom is 0.256 e. The van der Waals surface area contributed by atoms with Crippen molar-refractivity contribution >= 4 is 38.9 Å². The number of carbonyl (C=O) groups is 1. The van der Waals surface area contributed by atoms with Gasteiger partial charge in [0, 0.05) is 36.1 Å². The molecule has 1 aromatic heterocycles. The van der Waals surface area contributed by atoms with Crippen molar-refractivity contribution < 1.29 is 17.6 Å². The monoisotopic (exact) mass is 402 g/mol. The Hall–Kier alpha value is -1.48. The second-order valence-electron chi connectivity index (χ2n) is 5.69. The lowest BCUT2D eigenvalue weighted by Crippen LogP contribution is -2.50. The normalized spacial score (nSPS) is 16.2. The fourth-order valence-corrected chi connectivity index (χ4v) is 5.66. The first kappa shape index (κ1) is 18.3. The molecule has 2 aromatic rings. The van der Waals surface area contributed by atoms with Gasteiger partial charge in [-0.25, -0.2) is 12.8 Å². The van der Waals surface area contributed by atoms with Crippen LogP contribution in [0.25, 0.3) is 0 Å². The van der Waals surface area contributed by atoms with E-state index in [-0.39, 0.29) is 36.8 Å². The van der Waals surface area contributed by atoms with Crippen molar-refractivity contribution in [2.75, 3.05) is 26.2 Å². The van der Waals surface area contributed by atoms with Gasteiger partial charge in [0.25, 0.3) is 15.9 Å². The number of rotatable bonds is 3. The number of nitrogens with zero attached hydrogens (tertiary/aromatic N) is 2. The van der Waals surface area contributed by atoms with Gasteiger partial charge in [0.2, 0.25) is 0 Å². The van der Waals surface area contributed by atoms with Crippen LogP contribution in [0.2, 0.25) is 5.02 Å². The molecule has 0 radical (unpaired) electrons. The van der Waals surface area contributed by atoms with E-state index in [1.807, 2.05) is 6.92 Å². The van der Waals surface area contributed by atoms with Crippen molar-refractivity contribution in [1.29, 1.82) is 0 Å². The van der Waals surface area contributed by atoms with Gasteiger partial charge in [-0.05, 0) is 37.3 Å². The smallest absolute Gasteiger partial charge is 0.256 e.